The van der Waals surface area contributed by atoms with Crippen LogP contribution in [0.5, 0.6) is 0 Å². The minimum Gasteiger partial charge on any atom is -0.272 e. The quantitative estimate of drug-likeness (QED) is 0.669. The highest BCUT2D eigenvalue weighted by Gasteiger charge is 2.79. The van der Waals surface area contributed by atoms with Gasteiger partial charge in [-0.05, 0) is 54.4 Å². The molecule has 1 aromatic rings. The molecule has 8 atom stereocenters. The standard InChI is InChI=1S/C17H16N4O4/c22-20(23)6-1-2-11(12(3-6)21(24)25)18-19-17-14-8-5-9-13-7(8)4-10(14)15(13)16(9)17/h1-3,7-10,13-16,18H,4-5H2/b19-17-/t7-,8+,9-,10+,13-,14+,15+,16+/m0/s1. The minimum absolute atomic E-state index is 0.224. The molecule has 25 heavy (non-hydrogen) atoms. The molecule has 128 valence electrons. The first-order valence-electron chi connectivity index (χ1n) is 8.82. The van der Waals surface area contributed by atoms with Gasteiger partial charge in [-0.25, -0.2) is 0 Å². The Balaban J connectivity index is 1.34. The number of nitrogens with zero attached hydrogens (tertiary/aromatic N) is 3. The predicted octanol–water partition coefficient (Wildman–Crippen LogP) is 3.05. The lowest BCUT2D eigenvalue weighted by atomic mass is 9.59. The van der Waals surface area contributed by atoms with E-state index in [0.29, 0.717) is 11.8 Å². The molecule has 0 spiro atoms. The number of rotatable bonds is 4. The van der Waals surface area contributed by atoms with Gasteiger partial charge in [0.25, 0.3) is 5.69 Å². The SMILES string of the molecule is O=[N+]([O-])c1ccc(N/N=C2/[C@@H]3[C@@H]4C[C@@H]5[C@@H]2[C@@H]2[C@@H]3C[C@@H]4[C@@H]52)c([N+](=O)[O-])c1. The molecule has 2 bridgehead atoms. The number of nitrogens with one attached hydrogen (secondary N) is 1. The smallest absolute Gasteiger partial charge is 0.272 e. The van der Waals surface area contributed by atoms with Crippen molar-refractivity contribution in [1.29, 1.82) is 0 Å². The molecule has 0 heterocycles. The zero-order valence-electron chi connectivity index (χ0n) is 13.2. The fourth-order valence-electron chi connectivity index (χ4n) is 7.29. The van der Waals surface area contributed by atoms with Gasteiger partial charge in [-0.1, -0.05) is 0 Å². The van der Waals surface area contributed by atoms with Gasteiger partial charge in [0.2, 0.25) is 0 Å². The molecule has 0 aliphatic heterocycles. The topological polar surface area (TPSA) is 111 Å². The molecule has 6 rings (SSSR count). The molecule has 1 N–H and O–H groups in total. The summed E-state index contributed by atoms with van der Waals surface area (Å²) in [6, 6.07) is 3.64. The average molecular weight is 340 g/mol. The summed E-state index contributed by atoms with van der Waals surface area (Å²) in [6.45, 7) is 0. The highest BCUT2D eigenvalue weighted by Crippen LogP contribution is 2.81. The molecule has 5 aliphatic carbocycles. The van der Waals surface area contributed by atoms with Gasteiger partial charge in [0.1, 0.15) is 5.69 Å². The number of hydrazone groups is 1. The van der Waals surface area contributed by atoms with Crippen molar-refractivity contribution in [1.82, 2.24) is 0 Å². The Morgan fingerprint density at radius 2 is 1.72 bits per heavy atom. The van der Waals surface area contributed by atoms with E-state index in [-0.39, 0.29) is 17.1 Å². The van der Waals surface area contributed by atoms with E-state index in [4.69, 9.17) is 0 Å². The molecule has 8 heteroatoms. The summed E-state index contributed by atoms with van der Waals surface area (Å²) in [4.78, 5) is 20.9. The lowest BCUT2D eigenvalue weighted by Crippen LogP contribution is -2.44. The van der Waals surface area contributed by atoms with Crippen molar-refractivity contribution in [3.05, 3.63) is 38.4 Å². The fraction of sp³-hybridized carbons (Fsp3) is 0.588. The van der Waals surface area contributed by atoms with Crippen molar-refractivity contribution in [2.75, 3.05) is 5.43 Å². The molecule has 0 unspecified atom stereocenters. The molecule has 5 saturated carbocycles. The number of hydrogen-bond donors (Lipinski definition) is 1. The molecule has 5 fully saturated rings. The Kier molecular flexibility index (Phi) is 2.29. The molecule has 0 saturated heterocycles. The van der Waals surface area contributed by atoms with E-state index in [1.54, 1.807) is 0 Å². The number of benzene rings is 1. The largest absolute Gasteiger partial charge is 0.301 e. The summed E-state index contributed by atoms with van der Waals surface area (Å²) < 4.78 is 0. The van der Waals surface area contributed by atoms with E-state index in [9.17, 15) is 20.2 Å². The Morgan fingerprint density at radius 3 is 2.48 bits per heavy atom. The van der Waals surface area contributed by atoms with E-state index in [2.05, 4.69) is 10.5 Å². The molecular weight excluding hydrogens is 324 g/mol. The zero-order chi connectivity index (χ0) is 17.0. The lowest BCUT2D eigenvalue weighted by molar-refractivity contribution is -0.393. The van der Waals surface area contributed by atoms with Crippen LogP contribution in [0.15, 0.2) is 23.3 Å². The maximum Gasteiger partial charge on any atom is 0.301 e. The van der Waals surface area contributed by atoms with Crippen LogP contribution in [0.2, 0.25) is 0 Å². The summed E-state index contributed by atoms with van der Waals surface area (Å²) in [5, 5.41) is 26.7. The Bertz CT molecular complexity index is 877. The van der Waals surface area contributed by atoms with Crippen molar-refractivity contribution >= 4 is 22.8 Å². The maximum absolute atomic E-state index is 11.3. The predicted molar refractivity (Wildman–Crippen MR) is 88.0 cm³/mol. The highest BCUT2D eigenvalue weighted by atomic mass is 16.6. The molecule has 5 aliphatic rings. The molecule has 0 radical (unpaired) electrons. The minimum atomic E-state index is -0.627. The Morgan fingerprint density at radius 1 is 0.960 bits per heavy atom. The average Bonchev–Trinajstić information content (AvgIpc) is 3.12. The maximum atomic E-state index is 11.3. The van der Waals surface area contributed by atoms with Gasteiger partial charge >= 0.3 is 5.69 Å². The number of hydrogen-bond acceptors (Lipinski definition) is 6. The van der Waals surface area contributed by atoms with Crippen LogP contribution in [0, 0.1) is 67.6 Å². The Hall–Kier alpha value is -2.51. The van der Waals surface area contributed by atoms with E-state index < -0.39 is 9.85 Å². The second-order valence-corrected chi connectivity index (χ2v) is 8.20. The normalized spacial score (nSPS) is 45.2. The first-order chi connectivity index (χ1) is 12.1. The third-order valence-electron chi connectivity index (χ3n) is 7.74. The Labute approximate surface area is 142 Å². The van der Waals surface area contributed by atoms with E-state index in [0.717, 1.165) is 41.6 Å². The second kappa shape index (κ2) is 4.17. The van der Waals surface area contributed by atoms with Crippen molar-refractivity contribution in [3.8, 4) is 0 Å². The molecular formula is C17H16N4O4. The molecule has 1 aromatic carbocycles. The van der Waals surface area contributed by atoms with Gasteiger partial charge in [0.15, 0.2) is 0 Å². The van der Waals surface area contributed by atoms with Crippen LogP contribution in [0.4, 0.5) is 17.1 Å². The van der Waals surface area contributed by atoms with Crippen molar-refractivity contribution < 1.29 is 9.85 Å². The summed E-state index contributed by atoms with van der Waals surface area (Å²) in [5.41, 5.74) is 3.73. The number of non-ortho nitro benzene ring substituents is 1. The van der Waals surface area contributed by atoms with Crippen LogP contribution in [-0.4, -0.2) is 15.6 Å². The lowest BCUT2D eigenvalue weighted by Gasteiger charge is -2.44. The van der Waals surface area contributed by atoms with Gasteiger partial charge in [-0.15, -0.1) is 0 Å². The third kappa shape index (κ3) is 1.43. The molecule has 0 amide bonds. The summed E-state index contributed by atoms with van der Waals surface area (Å²) in [7, 11) is 0. The van der Waals surface area contributed by atoms with Gasteiger partial charge in [0.05, 0.1) is 15.9 Å². The van der Waals surface area contributed by atoms with Crippen LogP contribution in [0.25, 0.3) is 0 Å². The van der Waals surface area contributed by atoms with Gasteiger partial charge in [-0.2, -0.15) is 5.10 Å². The number of anilines is 1. The van der Waals surface area contributed by atoms with Gasteiger partial charge < -0.3 is 0 Å². The first-order valence-corrected chi connectivity index (χ1v) is 8.82. The summed E-state index contributed by atoms with van der Waals surface area (Å²) >= 11 is 0. The monoisotopic (exact) mass is 340 g/mol. The van der Waals surface area contributed by atoms with Crippen LogP contribution >= 0.6 is 0 Å². The molecule has 0 aromatic heterocycles. The van der Waals surface area contributed by atoms with E-state index >= 15 is 0 Å². The van der Waals surface area contributed by atoms with Crippen LogP contribution in [0.3, 0.4) is 0 Å². The first kappa shape index (κ1) is 13.7. The highest BCUT2D eigenvalue weighted by molar-refractivity contribution is 5.96. The van der Waals surface area contributed by atoms with Crippen LogP contribution in [0.1, 0.15) is 12.8 Å². The second-order valence-electron chi connectivity index (χ2n) is 8.20. The third-order valence-corrected chi connectivity index (χ3v) is 7.74. The summed E-state index contributed by atoms with van der Waals surface area (Å²) in [6.07, 6.45) is 2.71. The fourth-order valence-corrected chi connectivity index (χ4v) is 7.29. The van der Waals surface area contributed by atoms with Crippen molar-refractivity contribution in [2.24, 2.45) is 52.4 Å². The molecule has 8 nitrogen and oxygen atoms in total. The van der Waals surface area contributed by atoms with Gasteiger partial charge in [-0.3, -0.25) is 25.7 Å². The number of nitro groups is 2. The van der Waals surface area contributed by atoms with Crippen LogP contribution in [-0.2, 0) is 0 Å². The zero-order valence-corrected chi connectivity index (χ0v) is 13.2. The van der Waals surface area contributed by atoms with Crippen molar-refractivity contribution in [2.45, 2.75) is 12.8 Å². The number of nitro benzene ring substituents is 2. The van der Waals surface area contributed by atoms with E-state index in [1.165, 1.54) is 30.7 Å². The van der Waals surface area contributed by atoms with E-state index in [1.807, 2.05) is 0 Å². The van der Waals surface area contributed by atoms with Crippen LogP contribution < -0.4 is 5.43 Å². The number of fused-ring (bicyclic) bond motifs is 2. The van der Waals surface area contributed by atoms with Gasteiger partial charge in [0, 0.05) is 23.6 Å². The van der Waals surface area contributed by atoms with Crippen molar-refractivity contribution in [3.63, 3.8) is 0 Å². The summed E-state index contributed by atoms with van der Waals surface area (Å²) in [5.74, 6) is 6.15.